The van der Waals surface area contributed by atoms with Crippen LogP contribution in [0.1, 0.15) is 40.5 Å². The lowest BCUT2D eigenvalue weighted by Gasteiger charge is -2.17. The van der Waals surface area contributed by atoms with E-state index < -0.39 is 17.6 Å². The highest BCUT2D eigenvalue weighted by Gasteiger charge is 2.33. The van der Waals surface area contributed by atoms with E-state index in [0.29, 0.717) is 6.61 Å². The zero-order valence-corrected chi connectivity index (χ0v) is 11.3. The van der Waals surface area contributed by atoms with Gasteiger partial charge in [0.1, 0.15) is 11.4 Å². The maximum absolute atomic E-state index is 11.3. The molecule has 1 aliphatic heterocycles. The number of nitrogens with two attached hydrogens (primary N) is 2. The van der Waals surface area contributed by atoms with Gasteiger partial charge >= 0.3 is 0 Å². The Morgan fingerprint density at radius 1 is 1.40 bits per heavy atom. The van der Waals surface area contributed by atoms with E-state index in [1.165, 1.54) is 0 Å². The number of aromatic nitrogens is 2. The highest BCUT2D eigenvalue weighted by atomic mass is 16.7. The first-order chi connectivity index (χ1) is 9.28. The number of carbonyl (C=O) groups is 2. The second kappa shape index (κ2) is 5.14. The molecule has 1 atom stereocenters. The van der Waals surface area contributed by atoms with Crippen LogP contribution in [0.5, 0.6) is 0 Å². The van der Waals surface area contributed by atoms with Crippen molar-refractivity contribution in [2.75, 3.05) is 6.61 Å². The maximum atomic E-state index is 11.3. The van der Waals surface area contributed by atoms with Gasteiger partial charge in [0, 0.05) is 6.42 Å². The molecule has 1 fully saturated rings. The molecule has 0 bridgehead atoms. The normalized spacial score (nSPS) is 20.8. The van der Waals surface area contributed by atoms with Gasteiger partial charge in [0.2, 0.25) is 0 Å². The predicted octanol–water partition coefficient (Wildman–Crippen LogP) is -0.632. The lowest BCUT2D eigenvalue weighted by molar-refractivity contribution is -0.138. The summed E-state index contributed by atoms with van der Waals surface area (Å²) in [4.78, 5) is 30.3. The Hall–Kier alpha value is -2.06. The number of hydrogen-bond donors (Lipinski definition) is 2. The molecule has 1 aromatic rings. The summed E-state index contributed by atoms with van der Waals surface area (Å²) in [5, 5.41) is 0. The lowest BCUT2D eigenvalue weighted by Crippen LogP contribution is -2.26. The van der Waals surface area contributed by atoms with Crippen LogP contribution < -0.4 is 11.5 Å². The molecule has 1 aromatic heterocycles. The van der Waals surface area contributed by atoms with Crippen LogP contribution in [0.4, 0.5) is 0 Å². The molecule has 20 heavy (non-hydrogen) atoms. The third-order valence-electron chi connectivity index (χ3n) is 2.82. The molecule has 1 unspecified atom stereocenters. The van der Waals surface area contributed by atoms with Gasteiger partial charge in [0.15, 0.2) is 5.79 Å². The summed E-state index contributed by atoms with van der Waals surface area (Å²) in [5.74, 6) is -2.13. The molecule has 1 aliphatic rings. The first-order valence-electron chi connectivity index (χ1n) is 6.06. The van der Waals surface area contributed by atoms with Crippen LogP contribution >= 0.6 is 0 Å². The van der Waals surface area contributed by atoms with Gasteiger partial charge in [-0.15, -0.1) is 0 Å². The lowest BCUT2D eigenvalue weighted by atomic mass is 10.1. The van der Waals surface area contributed by atoms with E-state index in [1.807, 2.05) is 0 Å². The summed E-state index contributed by atoms with van der Waals surface area (Å²) in [5.41, 5.74) is 10.6. The monoisotopic (exact) mass is 280 g/mol. The summed E-state index contributed by atoms with van der Waals surface area (Å²) < 4.78 is 11.1. The maximum Gasteiger partial charge on any atom is 0.269 e. The molecule has 0 radical (unpaired) electrons. The van der Waals surface area contributed by atoms with Crippen LogP contribution in [0.25, 0.3) is 0 Å². The fraction of sp³-hybridized carbons (Fsp3) is 0.500. The summed E-state index contributed by atoms with van der Waals surface area (Å²) in [6, 6.07) is 0. The Morgan fingerprint density at radius 2 is 2.10 bits per heavy atom. The number of ether oxygens (including phenoxy) is 2. The van der Waals surface area contributed by atoms with Crippen molar-refractivity contribution in [2.45, 2.75) is 32.2 Å². The molecule has 4 N–H and O–H groups in total. The Balaban J connectivity index is 2.26. The second-order valence-corrected chi connectivity index (χ2v) is 4.93. The zero-order chi connectivity index (χ0) is 14.9. The van der Waals surface area contributed by atoms with Crippen molar-refractivity contribution in [1.29, 1.82) is 0 Å². The summed E-state index contributed by atoms with van der Waals surface area (Å²) in [6.45, 7) is 3.93. The van der Waals surface area contributed by atoms with Gasteiger partial charge in [0.25, 0.3) is 11.8 Å². The van der Waals surface area contributed by atoms with Crippen molar-refractivity contribution in [2.24, 2.45) is 11.5 Å². The quantitative estimate of drug-likeness (QED) is 0.755. The van der Waals surface area contributed by atoms with Crippen LogP contribution in [0.3, 0.4) is 0 Å². The topological polar surface area (TPSA) is 130 Å². The largest absolute Gasteiger partial charge is 0.364 e. The van der Waals surface area contributed by atoms with E-state index in [4.69, 9.17) is 20.9 Å². The number of hydrogen-bond acceptors (Lipinski definition) is 6. The molecule has 0 spiro atoms. The van der Waals surface area contributed by atoms with Crippen molar-refractivity contribution >= 4 is 11.8 Å². The molecular weight excluding hydrogens is 264 g/mol. The minimum Gasteiger partial charge on any atom is -0.364 e. The number of primary amides is 2. The van der Waals surface area contributed by atoms with Gasteiger partial charge < -0.3 is 20.9 Å². The molecular formula is C12H16N4O4. The van der Waals surface area contributed by atoms with Crippen molar-refractivity contribution in [3.8, 4) is 0 Å². The first-order valence-corrected chi connectivity index (χ1v) is 6.06. The molecule has 0 aromatic carbocycles. The SMILES string of the molecule is CC1(C)OCC(Cc2nc(C(N)=O)cnc2C(N)=O)O1. The summed E-state index contributed by atoms with van der Waals surface area (Å²) in [7, 11) is 0. The molecule has 8 heteroatoms. The Labute approximate surface area is 115 Å². The molecule has 2 heterocycles. The van der Waals surface area contributed by atoms with E-state index in [9.17, 15) is 9.59 Å². The van der Waals surface area contributed by atoms with Gasteiger partial charge in [0.05, 0.1) is 24.6 Å². The molecule has 2 amide bonds. The second-order valence-electron chi connectivity index (χ2n) is 4.93. The van der Waals surface area contributed by atoms with Crippen molar-refractivity contribution in [1.82, 2.24) is 9.97 Å². The minimum absolute atomic E-state index is 0.00306. The smallest absolute Gasteiger partial charge is 0.269 e. The van der Waals surface area contributed by atoms with Crippen LogP contribution in [0.2, 0.25) is 0 Å². The Kier molecular flexibility index (Phi) is 3.69. The molecule has 2 rings (SSSR count). The number of nitrogens with zero attached hydrogens (tertiary/aromatic N) is 2. The van der Waals surface area contributed by atoms with E-state index >= 15 is 0 Å². The molecule has 108 valence electrons. The fourth-order valence-corrected chi connectivity index (χ4v) is 1.97. The van der Waals surface area contributed by atoms with Crippen LogP contribution in [0, 0.1) is 0 Å². The van der Waals surface area contributed by atoms with Crippen LogP contribution in [0.15, 0.2) is 6.20 Å². The number of amides is 2. The predicted molar refractivity (Wildman–Crippen MR) is 67.7 cm³/mol. The summed E-state index contributed by atoms with van der Waals surface area (Å²) >= 11 is 0. The van der Waals surface area contributed by atoms with Gasteiger partial charge in [-0.2, -0.15) is 0 Å². The van der Waals surface area contributed by atoms with Crippen LogP contribution in [-0.2, 0) is 15.9 Å². The molecule has 0 saturated carbocycles. The first kappa shape index (κ1) is 14.4. The fourth-order valence-electron chi connectivity index (χ4n) is 1.97. The average Bonchev–Trinajstić information content (AvgIpc) is 2.68. The third-order valence-corrected chi connectivity index (χ3v) is 2.82. The standard InChI is InChI=1S/C12H16N4O4/c1-12(2)19-5-6(20-12)3-7-9(11(14)18)15-4-8(16-7)10(13)17/h4,6H,3,5H2,1-2H3,(H2,13,17)(H2,14,18). The number of rotatable bonds is 4. The van der Waals surface area contributed by atoms with E-state index in [0.717, 1.165) is 6.20 Å². The Morgan fingerprint density at radius 3 is 2.60 bits per heavy atom. The van der Waals surface area contributed by atoms with E-state index in [1.54, 1.807) is 13.8 Å². The molecule has 0 aliphatic carbocycles. The van der Waals surface area contributed by atoms with Crippen molar-refractivity contribution in [3.05, 3.63) is 23.3 Å². The number of carbonyl (C=O) groups excluding carboxylic acids is 2. The van der Waals surface area contributed by atoms with Crippen LogP contribution in [-0.4, -0.2) is 40.3 Å². The zero-order valence-electron chi connectivity index (χ0n) is 11.3. The van der Waals surface area contributed by atoms with Gasteiger partial charge in [-0.3, -0.25) is 9.59 Å². The van der Waals surface area contributed by atoms with Gasteiger partial charge in [-0.25, -0.2) is 9.97 Å². The third kappa shape index (κ3) is 3.09. The summed E-state index contributed by atoms with van der Waals surface area (Å²) in [6.07, 6.45) is 1.10. The van der Waals surface area contributed by atoms with Crippen molar-refractivity contribution < 1.29 is 19.1 Å². The van der Waals surface area contributed by atoms with Gasteiger partial charge in [-0.05, 0) is 13.8 Å². The van der Waals surface area contributed by atoms with E-state index in [-0.39, 0.29) is 29.6 Å². The highest BCUT2D eigenvalue weighted by Crippen LogP contribution is 2.24. The molecule has 1 saturated heterocycles. The molecule has 8 nitrogen and oxygen atoms in total. The highest BCUT2D eigenvalue weighted by molar-refractivity contribution is 5.94. The van der Waals surface area contributed by atoms with E-state index in [2.05, 4.69) is 9.97 Å². The van der Waals surface area contributed by atoms with Crippen molar-refractivity contribution in [3.63, 3.8) is 0 Å². The Bertz CT molecular complexity index is 558. The average molecular weight is 280 g/mol. The van der Waals surface area contributed by atoms with Gasteiger partial charge in [-0.1, -0.05) is 0 Å². The minimum atomic E-state index is -0.723.